The lowest BCUT2D eigenvalue weighted by Crippen LogP contribution is -2.25. The number of ether oxygens (including phenoxy) is 1. The summed E-state index contributed by atoms with van der Waals surface area (Å²) in [6.45, 7) is 8.35. The normalized spacial score (nSPS) is 12.4. The zero-order valence-corrected chi connectivity index (χ0v) is 17.2. The Hall–Kier alpha value is -2.84. The first-order chi connectivity index (χ1) is 13.3. The van der Waals surface area contributed by atoms with E-state index in [1.807, 2.05) is 26.0 Å². The molecule has 0 N–H and O–H groups in total. The van der Waals surface area contributed by atoms with Crippen molar-refractivity contribution in [3.8, 4) is 6.07 Å². The second-order valence-corrected chi connectivity index (χ2v) is 7.01. The van der Waals surface area contributed by atoms with E-state index in [2.05, 4.69) is 11.5 Å². The number of nitriles is 1. The Balaban J connectivity index is 2.20. The zero-order valence-electron chi connectivity index (χ0n) is 16.5. The van der Waals surface area contributed by atoms with E-state index in [-0.39, 0.29) is 11.4 Å². The number of ketones is 1. The van der Waals surface area contributed by atoms with Gasteiger partial charge in [-0.1, -0.05) is 30.7 Å². The number of aromatic nitrogens is 1. The topological polar surface area (TPSA) is 72.1 Å². The maximum absolute atomic E-state index is 12.4. The first-order valence-corrected chi connectivity index (χ1v) is 9.45. The van der Waals surface area contributed by atoms with Crippen LogP contribution < -0.4 is 0 Å². The molecule has 0 radical (unpaired) electrons. The lowest BCUT2D eigenvalue weighted by atomic mass is 10.1. The first-order valence-electron chi connectivity index (χ1n) is 9.07. The van der Waals surface area contributed by atoms with Crippen LogP contribution in [0.2, 0.25) is 5.02 Å². The van der Waals surface area contributed by atoms with E-state index >= 15 is 0 Å². The van der Waals surface area contributed by atoms with Gasteiger partial charge < -0.3 is 9.30 Å². The Kier molecular flexibility index (Phi) is 7.19. The molecule has 0 bridgehead atoms. The van der Waals surface area contributed by atoms with Crippen molar-refractivity contribution in [2.24, 2.45) is 0 Å². The Labute approximate surface area is 170 Å². The smallest absolute Gasteiger partial charge is 0.349 e. The molecule has 0 aliphatic rings. The predicted octanol–water partition coefficient (Wildman–Crippen LogP) is 4.89. The highest BCUT2D eigenvalue weighted by Crippen LogP contribution is 2.20. The highest BCUT2D eigenvalue weighted by Gasteiger charge is 2.22. The summed E-state index contributed by atoms with van der Waals surface area (Å²) < 4.78 is 7.36. The van der Waals surface area contributed by atoms with Gasteiger partial charge in [0, 0.05) is 28.5 Å². The van der Waals surface area contributed by atoms with E-state index in [9.17, 15) is 14.9 Å². The van der Waals surface area contributed by atoms with Crippen LogP contribution in [-0.4, -0.2) is 22.4 Å². The summed E-state index contributed by atoms with van der Waals surface area (Å²) in [5.74, 6) is -1.21. The average molecular weight is 399 g/mol. The standard InChI is InChI=1S/C22H23ClN2O3/c1-5-9-25-14(2)10-18(15(25)3)11-19(13-24)22(27)28-16(4)21(26)17-7-6-8-20(23)12-17/h6-8,10-12,16H,5,9H2,1-4H3/b19-11+. The minimum atomic E-state index is -1.03. The van der Waals surface area contributed by atoms with Crippen molar-refractivity contribution in [1.29, 1.82) is 5.26 Å². The summed E-state index contributed by atoms with van der Waals surface area (Å²) in [6.07, 6.45) is 1.46. The monoisotopic (exact) mass is 398 g/mol. The van der Waals surface area contributed by atoms with Crippen molar-refractivity contribution in [2.45, 2.75) is 46.8 Å². The maximum atomic E-state index is 12.4. The molecule has 28 heavy (non-hydrogen) atoms. The van der Waals surface area contributed by atoms with Crippen LogP contribution in [0.3, 0.4) is 0 Å². The number of carbonyl (C=O) groups excluding carboxylic acids is 2. The molecule has 0 amide bonds. The third-order valence-corrected chi connectivity index (χ3v) is 4.70. The lowest BCUT2D eigenvalue weighted by molar-refractivity contribution is -0.141. The van der Waals surface area contributed by atoms with Gasteiger partial charge in [-0.05, 0) is 57.0 Å². The molecule has 0 spiro atoms. The van der Waals surface area contributed by atoms with Crippen LogP contribution in [0.4, 0.5) is 0 Å². The second kappa shape index (κ2) is 9.38. The number of aryl methyl sites for hydroxylation is 1. The molecule has 1 aromatic heterocycles. The SMILES string of the molecule is CCCn1c(C)cc(/C=C(\C#N)C(=O)OC(C)C(=O)c2cccc(Cl)c2)c1C. The van der Waals surface area contributed by atoms with Crippen LogP contribution in [0.15, 0.2) is 35.9 Å². The summed E-state index contributed by atoms with van der Waals surface area (Å²) in [7, 11) is 0. The average Bonchev–Trinajstić information content (AvgIpc) is 2.93. The van der Waals surface area contributed by atoms with Crippen LogP contribution in [0, 0.1) is 25.2 Å². The third kappa shape index (κ3) is 4.90. The van der Waals surface area contributed by atoms with Crippen molar-refractivity contribution < 1.29 is 14.3 Å². The van der Waals surface area contributed by atoms with Gasteiger partial charge in [-0.2, -0.15) is 5.26 Å². The molecule has 1 unspecified atom stereocenters. The van der Waals surface area contributed by atoms with Gasteiger partial charge in [0.05, 0.1) is 0 Å². The molecule has 0 fully saturated rings. The van der Waals surface area contributed by atoms with Crippen molar-refractivity contribution in [3.63, 3.8) is 0 Å². The van der Waals surface area contributed by atoms with Gasteiger partial charge in [-0.25, -0.2) is 4.79 Å². The van der Waals surface area contributed by atoms with Gasteiger partial charge in [0.2, 0.25) is 5.78 Å². The van der Waals surface area contributed by atoms with Crippen LogP contribution in [0.25, 0.3) is 6.08 Å². The van der Waals surface area contributed by atoms with Crippen molar-refractivity contribution in [1.82, 2.24) is 4.57 Å². The lowest BCUT2D eigenvalue weighted by Gasteiger charge is -2.12. The molecule has 1 heterocycles. The van der Waals surface area contributed by atoms with Gasteiger partial charge in [0.25, 0.3) is 0 Å². The molecular formula is C22H23ClN2O3. The third-order valence-electron chi connectivity index (χ3n) is 4.46. The van der Waals surface area contributed by atoms with Crippen LogP contribution >= 0.6 is 11.6 Å². The quantitative estimate of drug-likeness (QED) is 0.288. The number of rotatable bonds is 7. The molecule has 0 saturated heterocycles. The molecule has 146 valence electrons. The van der Waals surface area contributed by atoms with Gasteiger partial charge >= 0.3 is 5.97 Å². The fourth-order valence-corrected chi connectivity index (χ4v) is 3.18. The Morgan fingerprint density at radius 2 is 2.04 bits per heavy atom. The van der Waals surface area contributed by atoms with Gasteiger partial charge in [-0.3, -0.25) is 4.79 Å². The summed E-state index contributed by atoms with van der Waals surface area (Å²) in [6, 6.07) is 10.2. The number of nitrogens with zero attached hydrogens (tertiary/aromatic N) is 2. The zero-order chi connectivity index (χ0) is 20.8. The van der Waals surface area contributed by atoms with Gasteiger partial charge in [0.15, 0.2) is 6.10 Å². The molecule has 0 aliphatic carbocycles. The number of Topliss-reactive ketones (excluding diaryl/α,β-unsaturated/α-hetero) is 1. The van der Waals surface area contributed by atoms with Crippen molar-refractivity contribution in [2.75, 3.05) is 0 Å². The van der Waals surface area contributed by atoms with E-state index < -0.39 is 12.1 Å². The number of benzene rings is 1. The highest BCUT2D eigenvalue weighted by molar-refractivity contribution is 6.31. The van der Waals surface area contributed by atoms with Crippen LogP contribution in [-0.2, 0) is 16.1 Å². The van der Waals surface area contributed by atoms with Crippen molar-refractivity contribution in [3.05, 3.63) is 63.4 Å². The van der Waals surface area contributed by atoms with E-state index in [0.717, 1.165) is 29.9 Å². The molecule has 0 aliphatic heterocycles. The Morgan fingerprint density at radius 3 is 2.64 bits per heavy atom. The molecule has 5 nitrogen and oxygen atoms in total. The molecule has 1 aromatic carbocycles. The predicted molar refractivity (Wildman–Crippen MR) is 109 cm³/mol. The number of esters is 1. The number of hydrogen-bond acceptors (Lipinski definition) is 4. The van der Waals surface area contributed by atoms with Gasteiger partial charge in [0.1, 0.15) is 11.6 Å². The largest absolute Gasteiger partial charge is 0.450 e. The molecule has 2 rings (SSSR count). The van der Waals surface area contributed by atoms with E-state index in [1.54, 1.807) is 18.2 Å². The first kappa shape index (κ1) is 21.5. The minimum Gasteiger partial charge on any atom is -0.450 e. The Bertz CT molecular complexity index is 967. The molecule has 0 saturated carbocycles. The fraction of sp³-hybridized carbons (Fsp3) is 0.318. The summed E-state index contributed by atoms with van der Waals surface area (Å²) >= 11 is 5.90. The number of halogens is 1. The number of carbonyl (C=O) groups is 2. The van der Waals surface area contributed by atoms with Crippen molar-refractivity contribution >= 4 is 29.4 Å². The van der Waals surface area contributed by atoms with Crippen LogP contribution in [0.5, 0.6) is 0 Å². The summed E-state index contributed by atoms with van der Waals surface area (Å²) in [5.41, 5.74) is 3.01. The van der Waals surface area contributed by atoms with Gasteiger partial charge in [-0.15, -0.1) is 0 Å². The summed E-state index contributed by atoms with van der Waals surface area (Å²) in [5, 5.41) is 9.83. The van der Waals surface area contributed by atoms with E-state index in [0.29, 0.717) is 10.6 Å². The highest BCUT2D eigenvalue weighted by atomic mass is 35.5. The molecular weight excluding hydrogens is 376 g/mol. The van der Waals surface area contributed by atoms with Crippen LogP contribution in [0.1, 0.15) is 47.6 Å². The molecule has 2 aromatic rings. The Morgan fingerprint density at radius 1 is 1.32 bits per heavy atom. The molecule has 1 atom stereocenters. The maximum Gasteiger partial charge on any atom is 0.349 e. The summed E-state index contributed by atoms with van der Waals surface area (Å²) in [4.78, 5) is 24.9. The van der Waals surface area contributed by atoms with E-state index in [1.165, 1.54) is 19.1 Å². The minimum absolute atomic E-state index is 0.150. The van der Waals surface area contributed by atoms with E-state index in [4.69, 9.17) is 16.3 Å². The number of hydrogen-bond donors (Lipinski definition) is 0. The second-order valence-electron chi connectivity index (χ2n) is 6.57. The fourth-order valence-electron chi connectivity index (χ4n) is 2.99. The molecule has 6 heteroatoms.